The number of hydrogen-bond donors (Lipinski definition) is 0. The minimum absolute atomic E-state index is 0.118. The standard InChI is InChI=1S/C52H57N2O10PSi/c1-10-30-60-49(57)48(65(39-22-16-13-17-23-39,40-24-18-14-19-25-40)41-26-20-15-21-27-41)54-43(46(47(54)56)36(4)64-66(8,9)52(5,6)7)35-44(55)37-28-29-42-38(33-37)34-45(63-51(59)62-32-12-3)53(42)50(58)61-31-11-2/h10-29,33-34,36,43,46H,1-3,30-32,35H2,4-9H3/t36-,43-,46-/m1/s1. The summed E-state index contributed by atoms with van der Waals surface area (Å²) in [7, 11) is -2.48. The van der Waals surface area contributed by atoms with E-state index in [4.69, 9.17) is 23.4 Å². The number of likely N-dealkylation sites (tertiary alicyclic amines) is 1. The number of Topliss-reactive ketones (excluding diaryl/α,β-unsaturated/α-hetero) is 1. The zero-order chi connectivity index (χ0) is 47.8. The van der Waals surface area contributed by atoms with Crippen LogP contribution in [-0.4, -0.2) is 85.1 Å². The number of aromatic nitrogens is 1. The van der Waals surface area contributed by atoms with Crippen LogP contribution in [0.1, 0.15) is 44.5 Å². The second-order valence-corrected chi connectivity index (χ2v) is 25.4. The number of nitrogens with zero attached hydrogens (tertiary/aromatic N) is 2. The van der Waals surface area contributed by atoms with Crippen LogP contribution in [0.2, 0.25) is 18.1 Å². The smallest absolute Gasteiger partial charge is 0.457 e. The molecule has 5 aromatic rings. The summed E-state index contributed by atoms with van der Waals surface area (Å²) in [5.74, 6) is -2.48. The predicted octanol–water partition coefficient (Wildman–Crippen LogP) is 9.18. The lowest BCUT2D eigenvalue weighted by atomic mass is 9.79. The number of fused-ring (bicyclic) bond motifs is 1. The first kappa shape index (κ1) is 48.9. The van der Waals surface area contributed by atoms with Crippen molar-refractivity contribution in [2.75, 3.05) is 19.8 Å². The zero-order valence-corrected chi connectivity index (χ0v) is 40.2. The largest absolute Gasteiger partial charge is 0.515 e. The van der Waals surface area contributed by atoms with Gasteiger partial charge in [0, 0.05) is 30.3 Å². The molecule has 0 bridgehead atoms. The summed E-state index contributed by atoms with van der Waals surface area (Å²) in [5, 5.41) is 2.57. The molecule has 12 nitrogen and oxygen atoms in total. The van der Waals surface area contributed by atoms with Gasteiger partial charge in [-0.15, -0.1) is 0 Å². The Morgan fingerprint density at radius 2 is 1.26 bits per heavy atom. The molecule has 1 aromatic heterocycles. The molecular weight excluding hydrogens is 872 g/mol. The molecule has 0 N–H and O–H groups in total. The third-order valence-corrected chi connectivity index (χ3v) is 20.9. The summed E-state index contributed by atoms with van der Waals surface area (Å²) >= 11 is 0. The predicted molar refractivity (Wildman–Crippen MR) is 263 cm³/mol. The minimum Gasteiger partial charge on any atom is -0.457 e. The van der Waals surface area contributed by atoms with E-state index in [2.05, 4.69) is 53.6 Å². The third kappa shape index (κ3) is 9.84. The second kappa shape index (κ2) is 20.7. The van der Waals surface area contributed by atoms with Crippen molar-refractivity contribution in [2.45, 2.75) is 64.4 Å². The number of carbonyl (C=O) groups excluding carboxylic acids is 5. The molecule has 344 valence electrons. The second-order valence-electron chi connectivity index (χ2n) is 17.3. The fourth-order valence-electron chi connectivity index (χ4n) is 8.01. The average molecular weight is 929 g/mol. The molecule has 3 atom stereocenters. The summed E-state index contributed by atoms with van der Waals surface area (Å²) in [4.78, 5) is 72.8. The van der Waals surface area contributed by atoms with E-state index < -0.39 is 51.5 Å². The van der Waals surface area contributed by atoms with Crippen LogP contribution in [0.25, 0.3) is 10.9 Å². The van der Waals surface area contributed by atoms with Crippen molar-refractivity contribution in [3.63, 3.8) is 0 Å². The fourth-order valence-corrected chi connectivity index (χ4v) is 13.8. The van der Waals surface area contributed by atoms with Crippen LogP contribution in [0.3, 0.4) is 0 Å². The van der Waals surface area contributed by atoms with E-state index in [1.54, 1.807) is 18.2 Å². The Hall–Kier alpha value is -6.53. The van der Waals surface area contributed by atoms with Gasteiger partial charge >= 0.3 is 18.2 Å². The molecule has 1 fully saturated rings. The van der Waals surface area contributed by atoms with E-state index in [1.807, 2.05) is 97.9 Å². The molecule has 2 heterocycles. The minimum atomic E-state index is -3.31. The van der Waals surface area contributed by atoms with Crippen LogP contribution in [0.5, 0.6) is 5.88 Å². The Balaban J connectivity index is 1.57. The van der Waals surface area contributed by atoms with Crippen LogP contribution in [0, 0.1) is 5.92 Å². The van der Waals surface area contributed by atoms with Gasteiger partial charge in [0.25, 0.3) is 0 Å². The van der Waals surface area contributed by atoms with Gasteiger partial charge in [0.15, 0.2) is 14.1 Å². The van der Waals surface area contributed by atoms with E-state index in [1.165, 1.54) is 29.2 Å². The van der Waals surface area contributed by atoms with Gasteiger partial charge in [-0.25, -0.2) is 19.0 Å². The molecule has 4 aromatic carbocycles. The lowest BCUT2D eigenvalue weighted by Crippen LogP contribution is -2.69. The summed E-state index contributed by atoms with van der Waals surface area (Å²) in [6, 6.07) is 34.1. The first-order chi connectivity index (χ1) is 31.5. The summed E-state index contributed by atoms with van der Waals surface area (Å²) in [6.07, 6.45) is 1.44. The Morgan fingerprint density at radius 3 is 1.77 bits per heavy atom. The van der Waals surface area contributed by atoms with Gasteiger partial charge in [-0.05, 0) is 59.2 Å². The van der Waals surface area contributed by atoms with E-state index in [9.17, 15) is 14.4 Å². The topological polar surface area (TPSA) is 140 Å². The zero-order valence-electron chi connectivity index (χ0n) is 38.3. The summed E-state index contributed by atoms with van der Waals surface area (Å²) in [5.41, 5.74) is 0.648. The summed E-state index contributed by atoms with van der Waals surface area (Å²) in [6.45, 7) is 19.7. The highest BCUT2D eigenvalue weighted by Gasteiger charge is 2.57. The first-order valence-electron chi connectivity index (χ1n) is 21.7. The molecule has 6 rings (SSSR count). The molecule has 0 aliphatic carbocycles. The van der Waals surface area contributed by atoms with E-state index in [-0.39, 0.29) is 65.3 Å². The lowest BCUT2D eigenvalue weighted by molar-refractivity contribution is -0.156. The van der Waals surface area contributed by atoms with Crippen molar-refractivity contribution < 1.29 is 47.3 Å². The molecule has 1 aliphatic rings. The van der Waals surface area contributed by atoms with Gasteiger partial charge in [0.05, 0.1) is 23.6 Å². The van der Waals surface area contributed by atoms with E-state index in [0.29, 0.717) is 5.39 Å². The van der Waals surface area contributed by atoms with Crippen LogP contribution in [-0.2, 0) is 28.2 Å². The maximum absolute atomic E-state index is 15.3. The molecule has 0 radical (unpaired) electrons. The van der Waals surface area contributed by atoms with Gasteiger partial charge in [-0.3, -0.25) is 9.59 Å². The van der Waals surface area contributed by atoms with Crippen molar-refractivity contribution in [1.82, 2.24) is 9.47 Å². The number of hydrogen-bond acceptors (Lipinski definition) is 10. The summed E-state index contributed by atoms with van der Waals surface area (Å²) < 4.78 is 29.7. The number of ketones is 1. The first-order valence-corrected chi connectivity index (χ1v) is 26.4. The number of carbonyl (C=O) groups is 5. The maximum atomic E-state index is 15.3. The van der Waals surface area contributed by atoms with Crippen LogP contribution in [0.4, 0.5) is 9.59 Å². The van der Waals surface area contributed by atoms with Crippen LogP contribution < -0.4 is 20.7 Å². The van der Waals surface area contributed by atoms with Gasteiger partial charge in [-0.1, -0.05) is 150 Å². The third-order valence-electron chi connectivity index (χ3n) is 12.1. The van der Waals surface area contributed by atoms with Crippen LogP contribution in [0.15, 0.2) is 153 Å². The monoisotopic (exact) mass is 928 g/mol. The van der Waals surface area contributed by atoms with Crippen molar-refractivity contribution in [3.05, 3.63) is 159 Å². The molecular formula is C52H57N2O10PSi. The molecule has 1 amide bonds. The number of β-lactam (4-membered cyclic amide) rings is 1. The lowest BCUT2D eigenvalue weighted by Gasteiger charge is -2.53. The van der Waals surface area contributed by atoms with Crippen molar-refractivity contribution in [1.29, 1.82) is 0 Å². The van der Waals surface area contributed by atoms with Crippen molar-refractivity contribution in [3.8, 4) is 5.88 Å². The highest BCUT2D eigenvalue weighted by atomic mass is 31.2. The molecule has 0 unspecified atom stereocenters. The highest BCUT2D eigenvalue weighted by molar-refractivity contribution is 7.96. The molecule has 0 saturated carbocycles. The number of esters is 1. The van der Waals surface area contributed by atoms with Crippen molar-refractivity contribution >= 4 is 77.3 Å². The Kier molecular flexibility index (Phi) is 15.4. The number of amides is 1. The van der Waals surface area contributed by atoms with Gasteiger partial charge in [0.2, 0.25) is 11.8 Å². The number of ether oxygens (including phenoxy) is 4. The Labute approximate surface area is 387 Å². The van der Waals surface area contributed by atoms with E-state index in [0.717, 1.165) is 20.5 Å². The van der Waals surface area contributed by atoms with Crippen LogP contribution >= 0.6 is 6.89 Å². The maximum Gasteiger partial charge on any atom is 0.515 e. The highest BCUT2D eigenvalue weighted by Crippen LogP contribution is 2.51. The van der Waals surface area contributed by atoms with Crippen molar-refractivity contribution in [2.24, 2.45) is 5.92 Å². The fraction of sp³-hybridized carbons (Fsp3) is 0.269. The molecule has 1 aliphatic heterocycles. The number of benzene rings is 4. The van der Waals surface area contributed by atoms with Gasteiger partial charge in [0.1, 0.15) is 25.2 Å². The Morgan fingerprint density at radius 1 is 0.742 bits per heavy atom. The van der Waals surface area contributed by atoms with E-state index >= 15 is 9.59 Å². The molecule has 0 spiro atoms. The molecule has 66 heavy (non-hydrogen) atoms. The average Bonchev–Trinajstić information content (AvgIpc) is 3.66. The number of rotatable bonds is 18. The quantitative estimate of drug-likeness (QED) is 0.0159. The molecule has 14 heteroatoms. The SMILES string of the molecule is C=CCOC(=O)Oc1cc2cc(C(=O)C[C@@H]3[C@@H]([C@@H](C)O[Si](C)(C)C(C)(C)C)C(=O)N3C(C(=O)OCC=C)=P(c3ccccc3)(c3ccccc3)c3ccccc3)ccc2n1C(=O)OCC=C. The van der Waals surface area contributed by atoms with Gasteiger partial charge < -0.3 is 28.3 Å². The normalized spacial score (nSPS) is 15.5. The van der Waals surface area contributed by atoms with Gasteiger partial charge in [-0.2, -0.15) is 0 Å². The Bertz CT molecular complexity index is 2590. The molecule has 1 saturated heterocycles.